The zero-order valence-electron chi connectivity index (χ0n) is 11.9. The van der Waals surface area contributed by atoms with Gasteiger partial charge in [-0.3, -0.25) is 4.79 Å². The van der Waals surface area contributed by atoms with Crippen molar-refractivity contribution >= 4 is 5.91 Å². The van der Waals surface area contributed by atoms with E-state index in [0.29, 0.717) is 12.2 Å². The number of hydrogen-bond acceptors (Lipinski definition) is 4. The molecule has 5 heteroatoms. The summed E-state index contributed by atoms with van der Waals surface area (Å²) in [6, 6.07) is 12.3. The average molecular weight is 289 g/mol. The van der Waals surface area contributed by atoms with Gasteiger partial charge in [-0.15, -0.1) is 0 Å². The molecule has 0 saturated carbocycles. The van der Waals surface area contributed by atoms with E-state index in [4.69, 9.17) is 14.3 Å². The number of rotatable bonds is 7. The first-order valence-electron chi connectivity index (χ1n) is 6.97. The van der Waals surface area contributed by atoms with Crippen LogP contribution in [-0.2, 0) is 0 Å². The van der Waals surface area contributed by atoms with E-state index in [9.17, 15) is 4.79 Å². The summed E-state index contributed by atoms with van der Waals surface area (Å²) in [5.74, 6) is 0.794. The van der Waals surface area contributed by atoms with Gasteiger partial charge in [-0.2, -0.15) is 0 Å². The summed E-state index contributed by atoms with van der Waals surface area (Å²) in [6.45, 7) is 1.99. The monoisotopic (exact) mass is 289 g/mol. The normalized spacial score (nSPS) is 11.9. The van der Waals surface area contributed by atoms with Crippen molar-refractivity contribution in [1.82, 2.24) is 5.32 Å². The largest absolute Gasteiger partial charge is 0.426 e. The van der Waals surface area contributed by atoms with Gasteiger partial charge in [0.15, 0.2) is 5.76 Å². The molecule has 112 valence electrons. The summed E-state index contributed by atoms with van der Waals surface area (Å²) in [7, 11) is 0. The van der Waals surface area contributed by atoms with E-state index in [-0.39, 0.29) is 30.3 Å². The fourth-order valence-corrected chi connectivity index (χ4v) is 1.89. The van der Waals surface area contributed by atoms with Gasteiger partial charge >= 0.3 is 0 Å². The Balaban J connectivity index is 1.97. The minimum atomic E-state index is -0.307. The van der Waals surface area contributed by atoms with Crippen LogP contribution in [0.15, 0.2) is 46.9 Å². The van der Waals surface area contributed by atoms with Crippen LogP contribution in [0.1, 0.15) is 30.3 Å². The SMILES string of the molecule is CCC(CCO)NC(=O)c1ccc(Oc2ccccc2)o1. The Morgan fingerprint density at radius 1 is 1.29 bits per heavy atom. The van der Waals surface area contributed by atoms with Gasteiger partial charge in [0, 0.05) is 18.7 Å². The quantitative estimate of drug-likeness (QED) is 0.822. The zero-order chi connectivity index (χ0) is 15.1. The molecule has 21 heavy (non-hydrogen) atoms. The first-order chi connectivity index (χ1) is 10.2. The van der Waals surface area contributed by atoms with E-state index in [1.165, 1.54) is 0 Å². The van der Waals surface area contributed by atoms with Gasteiger partial charge in [-0.1, -0.05) is 25.1 Å². The molecule has 0 aliphatic rings. The highest BCUT2D eigenvalue weighted by molar-refractivity contribution is 5.91. The smallest absolute Gasteiger partial charge is 0.290 e. The number of ether oxygens (including phenoxy) is 1. The Bertz CT molecular complexity index is 565. The molecule has 0 fully saturated rings. The second kappa shape index (κ2) is 7.50. The van der Waals surface area contributed by atoms with Gasteiger partial charge < -0.3 is 19.6 Å². The number of carbonyl (C=O) groups is 1. The minimum Gasteiger partial charge on any atom is -0.426 e. The number of benzene rings is 1. The number of aliphatic hydroxyl groups is 1. The van der Waals surface area contributed by atoms with Crippen molar-refractivity contribution < 1.29 is 19.1 Å². The Labute approximate surface area is 123 Å². The highest BCUT2D eigenvalue weighted by Crippen LogP contribution is 2.23. The third-order valence-electron chi connectivity index (χ3n) is 3.07. The molecule has 1 heterocycles. The van der Waals surface area contributed by atoms with Crippen LogP contribution in [0.4, 0.5) is 0 Å². The van der Waals surface area contributed by atoms with Crippen LogP contribution >= 0.6 is 0 Å². The molecule has 0 spiro atoms. The van der Waals surface area contributed by atoms with Crippen LogP contribution < -0.4 is 10.1 Å². The number of hydrogen-bond donors (Lipinski definition) is 2. The van der Waals surface area contributed by atoms with E-state index in [1.54, 1.807) is 24.3 Å². The third-order valence-corrected chi connectivity index (χ3v) is 3.07. The Kier molecular flexibility index (Phi) is 5.40. The number of aliphatic hydroxyl groups excluding tert-OH is 1. The fourth-order valence-electron chi connectivity index (χ4n) is 1.89. The minimum absolute atomic E-state index is 0.0410. The Hall–Kier alpha value is -2.27. The summed E-state index contributed by atoms with van der Waals surface area (Å²) in [4.78, 5) is 12.0. The molecule has 1 aromatic heterocycles. The highest BCUT2D eigenvalue weighted by Gasteiger charge is 2.16. The van der Waals surface area contributed by atoms with Crippen molar-refractivity contribution in [2.24, 2.45) is 0 Å². The van der Waals surface area contributed by atoms with Gasteiger partial charge in [-0.25, -0.2) is 0 Å². The Morgan fingerprint density at radius 2 is 2.05 bits per heavy atom. The van der Waals surface area contributed by atoms with Gasteiger partial charge in [0.1, 0.15) is 5.75 Å². The molecule has 0 bridgehead atoms. The molecule has 5 nitrogen and oxygen atoms in total. The van der Waals surface area contributed by atoms with Crippen molar-refractivity contribution in [3.8, 4) is 11.7 Å². The molecule has 2 rings (SSSR count). The van der Waals surface area contributed by atoms with E-state index in [2.05, 4.69) is 5.32 Å². The third kappa shape index (κ3) is 4.36. The second-order valence-corrected chi connectivity index (χ2v) is 4.62. The second-order valence-electron chi connectivity index (χ2n) is 4.62. The van der Waals surface area contributed by atoms with Crippen LogP contribution in [0.3, 0.4) is 0 Å². The zero-order valence-corrected chi connectivity index (χ0v) is 11.9. The summed E-state index contributed by atoms with van der Waals surface area (Å²) >= 11 is 0. The lowest BCUT2D eigenvalue weighted by atomic mass is 10.1. The van der Waals surface area contributed by atoms with Gasteiger partial charge in [0.2, 0.25) is 0 Å². The van der Waals surface area contributed by atoms with Gasteiger partial charge in [0.25, 0.3) is 11.9 Å². The van der Waals surface area contributed by atoms with E-state index >= 15 is 0 Å². The number of para-hydroxylation sites is 1. The molecule has 0 radical (unpaired) electrons. The van der Waals surface area contributed by atoms with Crippen LogP contribution in [0, 0.1) is 0 Å². The molecule has 1 atom stereocenters. The number of nitrogens with one attached hydrogen (secondary N) is 1. The highest BCUT2D eigenvalue weighted by atomic mass is 16.6. The number of carbonyl (C=O) groups excluding carboxylic acids is 1. The lowest BCUT2D eigenvalue weighted by molar-refractivity contribution is 0.0896. The van der Waals surface area contributed by atoms with Gasteiger partial charge in [-0.05, 0) is 31.0 Å². The number of furan rings is 1. The van der Waals surface area contributed by atoms with Crippen molar-refractivity contribution in [3.05, 3.63) is 48.2 Å². The van der Waals surface area contributed by atoms with Crippen LogP contribution in [0.2, 0.25) is 0 Å². The molecule has 1 aromatic carbocycles. The summed E-state index contributed by atoms with van der Waals surface area (Å²) in [6.07, 6.45) is 1.27. The molecule has 1 amide bonds. The summed E-state index contributed by atoms with van der Waals surface area (Å²) < 4.78 is 10.9. The van der Waals surface area contributed by atoms with Gasteiger partial charge in [0.05, 0.1) is 0 Å². The summed E-state index contributed by atoms with van der Waals surface area (Å²) in [5.41, 5.74) is 0. The molecule has 0 aliphatic heterocycles. The first kappa shape index (κ1) is 15.1. The predicted octanol–water partition coefficient (Wildman–Crippen LogP) is 2.96. The predicted molar refractivity (Wildman–Crippen MR) is 78.5 cm³/mol. The standard InChI is InChI=1S/C16H19NO4/c1-2-12(10-11-18)17-16(19)14-8-9-15(21-14)20-13-6-4-3-5-7-13/h3-9,12,18H,2,10-11H2,1H3,(H,17,19). The average Bonchev–Trinajstić information content (AvgIpc) is 2.96. The van der Waals surface area contributed by atoms with E-state index in [0.717, 1.165) is 6.42 Å². The lowest BCUT2D eigenvalue weighted by Crippen LogP contribution is -2.34. The molecule has 0 aliphatic carbocycles. The molecule has 0 saturated heterocycles. The molecule has 1 unspecified atom stereocenters. The topological polar surface area (TPSA) is 71.7 Å². The molecular weight excluding hydrogens is 270 g/mol. The maximum absolute atomic E-state index is 12.0. The Morgan fingerprint density at radius 3 is 2.71 bits per heavy atom. The van der Waals surface area contributed by atoms with Crippen LogP contribution in [0.5, 0.6) is 11.7 Å². The van der Waals surface area contributed by atoms with Crippen molar-refractivity contribution in [2.75, 3.05) is 6.61 Å². The fraction of sp³-hybridized carbons (Fsp3) is 0.312. The lowest BCUT2D eigenvalue weighted by Gasteiger charge is -2.14. The maximum atomic E-state index is 12.0. The number of amides is 1. The molecule has 2 N–H and O–H groups in total. The van der Waals surface area contributed by atoms with E-state index < -0.39 is 0 Å². The van der Waals surface area contributed by atoms with Crippen LogP contribution in [-0.4, -0.2) is 23.7 Å². The summed E-state index contributed by atoms with van der Waals surface area (Å²) in [5, 5.41) is 11.7. The van der Waals surface area contributed by atoms with Crippen molar-refractivity contribution in [2.45, 2.75) is 25.8 Å². The maximum Gasteiger partial charge on any atom is 0.290 e. The first-order valence-corrected chi connectivity index (χ1v) is 6.97. The van der Waals surface area contributed by atoms with Crippen LogP contribution in [0.25, 0.3) is 0 Å². The van der Waals surface area contributed by atoms with Crippen molar-refractivity contribution in [1.29, 1.82) is 0 Å². The molecular formula is C16H19NO4. The molecule has 2 aromatic rings. The van der Waals surface area contributed by atoms with Crippen molar-refractivity contribution in [3.63, 3.8) is 0 Å². The van der Waals surface area contributed by atoms with E-state index in [1.807, 2.05) is 25.1 Å².